The zero-order chi connectivity index (χ0) is 13.2. The van der Waals surface area contributed by atoms with Crippen molar-refractivity contribution in [2.45, 2.75) is 45.6 Å². The fourth-order valence-corrected chi connectivity index (χ4v) is 2.70. The summed E-state index contributed by atoms with van der Waals surface area (Å²) in [6.45, 7) is 4.59. The highest BCUT2D eigenvalue weighted by molar-refractivity contribution is 5.57. The number of nitriles is 1. The van der Waals surface area contributed by atoms with Crippen molar-refractivity contribution in [3.05, 3.63) is 17.8 Å². The summed E-state index contributed by atoms with van der Waals surface area (Å²) in [5.41, 5.74) is 7.06. The van der Waals surface area contributed by atoms with Crippen LogP contribution in [0.4, 0.5) is 11.5 Å². The van der Waals surface area contributed by atoms with Gasteiger partial charge in [-0.2, -0.15) is 5.26 Å². The largest absolute Gasteiger partial charge is 0.397 e. The summed E-state index contributed by atoms with van der Waals surface area (Å²) in [7, 11) is 0. The number of nitrogens with two attached hydrogens (primary N) is 1. The van der Waals surface area contributed by atoms with E-state index in [9.17, 15) is 0 Å². The predicted octanol–water partition coefficient (Wildman–Crippen LogP) is 2.92. The lowest BCUT2D eigenvalue weighted by atomic mass is 9.75. The van der Waals surface area contributed by atoms with Gasteiger partial charge in [-0.1, -0.05) is 20.3 Å². The Morgan fingerprint density at radius 3 is 3.00 bits per heavy atom. The van der Waals surface area contributed by atoms with Crippen LogP contribution < -0.4 is 11.1 Å². The molecule has 0 radical (unpaired) electrons. The molecule has 1 heterocycles. The highest BCUT2D eigenvalue weighted by Gasteiger charge is 2.28. The topological polar surface area (TPSA) is 74.7 Å². The Kier molecular flexibility index (Phi) is 3.42. The van der Waals surface area contributed by atoms with Gasteiger partial charge in [-0.05, 0) is 30.7 Å². The van der Waals surface area contributed by atoms with E-state index in [0.29, 0.717) is 28.5 Å². The van der Waals surface area contributed by atoms with Crippen LogP contribution in [-0.2, 0) is 0 Å². The first-order chi connectivity index (χ1) is 8.50. The molecule has 0 aromatic carbocycles. The van der Waals surface area contributed by atoms with Gasteiger partial charge in [0.2, 0.25) is 0 Å². The van der Waals surface area contributed by atoms with E-state index >= 15 is 0 Å². The summed E-state index contributed by atoms with van der Waals surface area (Å²) in [6, 6.07) is 4.21. The molecule has 0 amide bonds. The molecule has 2 rings (SSSR count). The average Bonchev–Trinajstić information content (AvgIpc) is 2.30. The van der Waals surface area contributed by atoms with E-state index < -0.39 is 0 Å². The molecular weight excluding hydrogens is 224 g/mol. The summed E-state index contributed by atoms with van der Waals surface area (Å²) in [6.07, 6.45) is 6.34. The summed E-state index contributed by atoms with van der Waals surface area (Å²) in [5, 5.41) is 12.5. The summed E-state index contributed by atoms with van der Waals surface area (Å²) in [4.78, 5) is 4.23. The van der Waals surface area contributed by atoms with E-state index in [1.54, 1.807) is 12.3 Å². The number of rotatable bonds is 2. The fourth-order valence-electron chi connectivity index (χ4n) is 2.70. The van der Waals surface area contributed by atoms with Gasteiger partial charge in [-0.15, -0.1) is 0 Å². The van der Waals surface area contributed by atoms with Crippen molar-refractivity contribution in [2.24, 2.45) is 5.41 Å². The van der Waals surface area contributed by atoms with Crippen LogP contribution in [0.5, 0.6) is 0 Å². The fraction of sp³-hybridized carbons (Fsp3) is 0.571. The number of nitrogen functional groups attached to an aromatic ring is 1. The molecule has 0 bridgehead atoms. The van der Waals surface area contributed by atoms with Crippen LogP contribution in [0.3, 0.4) is 0 Å². The summed E-state index contributed by atoms with van der Waals surface area (Å²) >= 11 is 0. The smallest absolute Gasteiger partial charge is 0.144 e. The predicted molar refractivity (Wildman–Crippen MR) is 73.0 cm³/mol. The maximum atomic E-state index is 9.09. The Labute approximate surface area is 108 Å². The molecule has 18 heavy (non-hydrogen) atoms. The second-order valence-electron chi connectivity index (χ2n) is 5.88. The highest BCUT2D eigenvalue weighted by Crippen LogP contribution is 2.36. The van der Waals surface area contributed by atoms with Crippen molar-refractivity contribution in [1.29, 1.82) is 5.26 Å². The van der Waals surface area contributed by atoms with Crippen LogP contribution in [0.2, 0.25) is 0 Å². The molecule has 1 aliphatic carbocycles. The van der Waals surface area contributed by atoms with Crippen LogP contribution in [-0.4, -0.2) is 11.0 Å². The first-order valence-electron chi connectivity index (χ1n) is 6.42. The molecule has 1 saturated carbocycles. The lowest BCUT2D eigenvalue weighted by molar-refractivity contribution is 0.229. The number of pyridine rings is 1. The molecule has 3 N–H and O–H groups in total. The Hall–Kier alpha value is -1.76. The molecule has 1 aromatic rings. The van der Waals surface area contributed by atoms with Gasteiger partial charge in [-0.25, -0.2) is 4.98 Å². The molecule has 0 saturated heterocycles. The van der Waals surface area contributed by atoms with Gasteiger partial charge in [0.05, 0.1) is 17.4 Å². The molecule has 1 unspecified atom stereocenters. The van der Waals surface area contributed by atoms with Gasteiger partial charge in [0, 0.05) is 6.04 Å². The molecule has 96 valence electrons. The second-order valence-corrected chi connectivity index (χ2v) is 5.88. The number of aromatic nitrogens is 1. The van der Waals surface area contributed by atoms with Crippen molar-refractivity contribution < 1.29 is 0 Å². The summed E-state index contributed by atoms with van der Waals surface area (Å²) in [5.74, 6) is 0.661. The lowest BCUT2D eigenvalue weighted by Gasteiger charge is -2.35. The van der Waals surface area contributed by atoms with Crippen molar-refractivity contribution in [3.63, 3.8) is 0 Å². The van der Waals surface area contributed by atoms with Crippen molar-refractivity contribution in [3.8, 4) is 6.07 Å². The summed E-state index contributed by atoms with van der Waals surface area (Å²) < 4.78 is 0. The SMILES string of the molecule is CC1(C)CCCC(Nc2ncc(N)cc2C#N)C1. The normalized spacial score (nSPS) is 22.2. The maximum Gasteiger partial charge on any atom is 0.144 e. The second kappa shape index (κ2) is 4.85. The average molecular weight is 244 g/mol. The minimum atomic E-state index is 0.372. The van der Waals surface area contributed by atoms with E-state index in [4.69, 9.17) is 11.0 Å². The van der Waals surface area contributed by atoms with Gasteiger partial charge in [-0.3, -0.25) is 0 Å². The number of nitrogens with one attached hydrogen (secondary N) is 1. The third-order valence-electron chi connectivity index (χ3n) is 3.58. The van der Waals surface area contributed by atoms with Crippen LogP contribution >= 0.6 is 0 Å². The molecule has 1 aliphatic rings. The van der Waals surface area contributed by atoms with Gasteiger partial charge in [0.15, 0.2) is 0 Å². The zero-order valence-corrected chi connectivity index (χ0v) is 11.0. The minimum Gasteiger partial charge on any atom is -0.397 e. The third-order valence-corrected chi connectivity index (χ3v) is 3.58. The maximum absolute atomic E-state index is 9.09. The van der Waals surface area contributed by atoms with Crippen LogP contribution in [0.25, 0.3) is 0 Å². The van der Waals surface area contributed by atoms with Crippen LogP contribution in [0, 0.1) is 16.7 Å². The zero-order valence-electron chi connectivity index (χ0n) is 11.0. The Morgan fingerprint density at radius 2 is 2.33 bits per heavy atom. The molecule has 0 spiro atoms. The Balaban J connectivity index is 2.12. The molecule has 1 atom stereocenters. The van der Waals surface area contributed by atoms with Crippen LogP contribution in [0.15, 0.2) is 12.3 Å². The molecule has 4 heteroatoms. The van der Waals surface area contributed by atoms with E-state index in [-0.39, 0.29) is 0 Å². The molecule has 4 nitrogen and oxygen atoms in total. The van der Waals surface area contributed by atoms with Gasteiger partial charge < -0.3 is 11.1 Å². The van der Waals surface area contributed by atoms with E-state index in [1.807, 2.05) is 0 Å². The van der Waals surface area contributed by atoms with E-state index in [0.717, 1.165) is 12.8 Å². The number of nitrogens with zero attached hydrogens (tertiary/aromatic N) is 2. The molecule has 0 aliphatic heterocycles. The first-order valence-corrected chi connectivity index (χ1v) is 6.42. The Bertz CT molecular complexity index is 473. The standard InChI is InChI=1S/C14H20N4/c1-14(2)5-3-4-12(7-14)18-13-10(8-15)6-11(16)9-17-13/h6,9,12H,3-5,7,16H2,1-2H3,(H,17,18). The highest BCUT2D eigenvalue weighted by atomic mass is 15.0. The van der Waals surface area contributed by atoms with Crippen molar-refractivity contribution in [2.75, 3.05) is 11.1 Å². The van der Waals surface area contributed by atoms with Crippen LogP contribution in [0.1, 0.15) is 45.1 Å². The molecule has 1 fully saturated rings. The monoisotopic (exact) mass is 244 g/mol. The number of hydrogen-bond donors (Lipinski definition) is 2. The quantitative estimate of drug-likeness (QED) is 0.838. The Morgan fingerprint density at radius 1 is 1.56 bits per heavy atom. The first kappa shape index (κ1) is 12.7. The van der Waals surface area contributed by atoms with Gasteiger partial charge in [0.1, 0.15) is 11.9 Å². The third kappa shape index (κ3) is 2.92. The molecular formula is C14H20N4. The van der Waals surface area contributed by atoms with E-state index in [2.05, 4.69) is 30.2 Å². The van der Waals surface area contributed by atoms with Crippen molar-refractivity contribution >= 4 is 11.5 Å². The van der Waals surface area contributed by atoms with Crippen molar-refractivity contribution in [1.82, 2.24) is 4.98 Å². The van der Waals surface area contributed by atoms with Gasteiger partial charge in [0.25, 0.3) is 0 Å². The minimum absolute atomic E-state index is 0.372. The van der Waals surface area contributed by atoms with E-state index in [1.165, 1.54) is 12.8 Å². The number of anilines is 2. The lowest BCUT2D eigenvalue weighted by Crippen LogP contribution is -2.32. The van der Waals surface area contributed by atoms with Gasteiger partial charge >= 0.3 is 0 Å². The molecule has 1 aromatic heterocycles. The number of hydrogen-bond acceptors (Lipinski definition) is 4.